The van der Waals surface area contributed by atoms with E-state index in [9.17, 15) is 18.4 Å². The van der Waals surface area contributed by atoms with Gasteiger partial charge in [0.15, 0.2) is 17.5 Å². The molecule has 3 unspecified atom stereocenters. The highest BCUT2D eigenvalue weighted by Crippen LogP contribution is 2.40. The molecule has 2 aromatic carbocycles. The molecule has 9 nitrogen and oxygen atoms in total. The van der Waals surface area contributed by atoms with E-state index in [4.69, 9.17) is 46.9 Å². The summed E-state index contributed by atoms with van der Waals surface area (Å²) in [6, 6.07) is 10.0. The maximum absolute atomic E-state index is 14.0. The van der Waals surface area contributed by atoms with E-state index in [1.165, 1.54) is 19.2 Å². The number of halogens is 4. The van der Waals surface area contributed by atoms with Gasteiger partial charge in [-0.1, -0.05) is 67.1 Å². The minimum Gasteiger partial charge on any atom is -0.496 e. The molecule has 4 fully saturated rings. The highest BCUT2D eigenvalue weighted by Gasteiger charge is 2.39. The summed E-state index contributed by atoms with van der Waals surface area (Å²) in [5, 5.41) is 3.99. The Bertz CT molecular complexity index is 1950. The van der Waals surface area contributed by atoms with Crippen molar-refractivity contribution in [3.63, 3.8) is 0 Å². The molecule has 2 aromatic rings. The lowest BCUT2D eigenvalue weighted by atomic mass is 9.86. The third-order valence-corrected chi connectivity index (χ3v) is 11.3. The number of nitrogens with one attached hydrogen (secondary N) is 1. The number of piperidine rings is 3. The normalized spacial score (nSPS) is 20.9. The fourth-order valence-corrected chi connectivity index (χ4v) is 7.74. The lowest BCUT2D eigenvalue weighted by Crippen LogP contribution is -2.53. The second-order valence-corrected chi connectivity index (χ2v) is 15.9. The molecule has 1 aliphatic carbocycles. The Morgan fingerprint density at radius 3 is 2.32 bits per heavy atom. The second kappa shape index (κ2) is 21.6. The van der Waals surface area contributed by atoms with Crippen molar-refractivity contribution in [3.05, 3.63) is 124 Å². The van der Waals surface area contributed by atoms with Crippen LogP contribution in [0.25, 0.3) is 0 Å². The molecule has 0 radical (unpaired) electrons. The molecule has 0 spiro atoms. The third-order valence-electron chi connectivity index (χ3n) is 10.8. The summed E-state index contributed by atoms with van der Waals surface area (Å²) in [4.78, 5) is 30.2. The van der Waals surface area contributed by atoms with Crippen LogP contribution in [0.4, 0.5) is 14.5 Å². The van der Waals surface area contributed by atoms with Crippen molar-refractivity contribution in [2.45, 2.75) is 84.2 Å². The minimum absolute atomic E-state index is 0.0414. The molecule has 4 aliphatic rings. The molecular weight excluding hydrogens is 801 g/mol. The standard InChI is InChI=1S/C46H54Cl2F2N2O7/c1-7-10-38(55-6)35(9-3)43(45(54)58-42-26-52-21-19-31(42)20-22-52)51-34-16-13-32(14-17-34)44(53)57-40(25-36(29(5)47)37(48)23-28(4)8-2)33-15-18-39(59-46(49)50)41(24-33)56-27-30-11-12-30/h7,9-10,13-18,23-24,30-31,40,42-43,46,51H,1,4,8,11-12,19-22,25-27H2,2-3,5-6H3. The molecule has 3 saturated heterocycles. The van der Waals surface area contributed by atoms with E-state index in [1.54, 1.807) is 61.6 Å². The van der Waals surface area contributed by atoms with E-state index in [0.717, 1.165) is 44.3 Å². The van der Waals surface area contributed by atoms with Crippen molar-refractivity contribution in [3.8, 4) is 11.5 Å². The smallest absolute Gasteiger partial charge is 0.387 e. The van der Waals surface area contributed by atoms with Crippen LogP contribution in [0.15, 0.2) is 112 Å². The summed E-state index contributed by atoms with van der Waals surface area (Å²) in [5.41, 5.74) is 3.02. The average molecular weight is 856 g/mol. The number of esters is 2. The first-order chi connectivity index (χ1) is 28.3. The molecular formula is C46H54Cl2F2N2O7. The number of hydrogen-bond acceptors (Lipinski definition) is 9. The number of allylic oxidation sites excluding steroid dienone is 7. The number of nitrogens with zero attached hydrogens (tertiary/aromatic N) is 1. The van der Waals surface area contributed by atoms with E-state index in [-0.39, 0.29) is 29.6 Å². The Morgan fingerprint density at radius 2 is 1.76 bits per heavy atom. The monoisotopic (exact) mass is 854 g/mol. The Morgan fingerprint density at radius 1 is 1.05 bits per heavy atom. The first-order valence-electron chi connectivity index (χ1n) is 20.0. The molecule has 59 heavy (non-hydrogen) atoms. The van der Waals surface area contributed by atoms with E-state index in [2.05, 4.69) is 23.4 Å². The molecule has 3 atom stereocenters. The molecule has 0 aromatic heterocycles. The van der Waals surface area contributed by atoms with Gasteiger partial charge in [-0.25, -0.2) is 9.59 Å². The van der Waals surface area contributed by atoms with Crippen LogP contribution in [0, 0.1) is 11.8 Å². The number of methoxy groups -OCH3 is 1. The van der Waals surface area contributed by atoms with Crippen molar-refractivity contribution in [2.24, 2.45) is 11.8 Å². The number of carbonyl (C=O) groups is 2. The van der Waals surface area contributed by atoms with Crippen molar-refractivity contribution in [1.29, 1.82) is 0 Å². The number of rotatable bonds is 21. The van der Waals surface area contributed by atoms with Crippen molar-refractivity contribution in [1.82, 2.24) is 4.90 Å². The molecule has 2 bridgehead atoms. The third kappa shape index (κ3) is 12.7. The maximum Gasteiger partial charge on any atom is 0.387 e. The number of alkyl halides is 2. The van der Waals surface area contributed by atoms with Crippen LogP contribution in [-0.2, 0) is 19.0 Å². The first kappa shape index (κ1) is 45.5. The lowest BCUT2D eigenvalue weighted by molar-refractivity contribution is -0.158. The predicted octanol–water partition coefficient (Wildman–Crippen LogP) is 11.0. The van der Waals surface area contributed by atoms with E-state index >= 15 is 0 Å². The van der Waals surface area contributed by atoms with Crippen LogP contribution in [0.3, 0.4) is 0 Å². The Labute approximate surface area is 356 Å². The molecule has 1 saturated carbocycles. The summed E-state index contributed by atoms with van der Waals surface area (Å²) in [6.45, 7) is 13.2. The van der Waals surface area contributed by atoms with Crippen LogP contribution in [0.1, 0.15) is 81.3 Å². The Hall–Kier alpha value is -4.58. The highest BCUT2D eigenvalue weighted by molar-refractivity contribution is 6.35. The Kier molecular flexibility index (Phi) is 16.7. The molecule has 6 rings (SSSR count). The summed E-state index contributed by atoms with van der Waals surface area (Å²) >= 11 is 13.3. The zero-order chi connectivity index (χ0) is 42.6. The van der Waals surface area contributed by atoms with Crippen molar-refractivity contribution < 1.29 is 42.1 Å². The summed E-state index contributed by atoms with van der Waals surface area (Å²) in [5.74, 6) is -0.0783. The molecule has 3 aliphatic heterocycles. The first-order valence-corrected chi connectivity index (χ1v) is 20.7. The van der Waals surface area contributed by atoms with Gasteiger partial charge in [-0.2, -0.15) is 8.78 Å². The van der Waals surface area contributed by atoms with Gasteiger partial charge in [0.05, 0.1) is 19.3 Å². The van der Waals surface area contributed by atoms with Crippen molar-refractivity contribution in [2.75, 3.05) is 38.7 Å². The van der Waals surface area contributed by atoms with Crippen LogP contribution in [0.5, 0.6) is 11.5 Å². The van der Waals surface area contributed by atoms with Crippen LogP contribution >= 0.6 is 23.2 Å². The lowest BCUT2D eigenvalue weighted by Gasteiger charge is -2.44. The SMILES string of the molecule is C=CC=C(OC)C(=CC)C(Nc1ccc(C(=O)OC(CC(C(Cl)=CC(=C)CC)=C(C)Cl)c2ccc(OC(F)F)c(OCC3CC3)c2)cc1)C(=O)OC1CN2CCC1CC2. The van der Waals surface area contributed by atoms with Crippen molar-refractivity contribution >= 4 is 40.8 Å². The average Bonchev–Trinajstić information content (AvgIpc) is 4.06. The van der Waals surface area contributed by atoms with Gasteiger partial charge in [0, 0.05) is 34.3 Å². The van der Waals surface area contributed by atoms with E-state index in [0.29, 0.717) is 69.6 Å². The zero-order valence-electron chi connectivity index (χ0n) is 34.1. The number of ether oxygens (including phenoxy) is 5. The van der Waals surface area contributed by atoms with Gasteiger partial charge in [-0.3, -0.25) is 4.90 Å². The van der Waals surface area contributed by atoms with E-state index in [1.807, 2.05) is 13.8 Å². The maximum atomic E-state index is 14.0. The summed E-state index contributed by atoms with van der Waals surface area (Å²) < 4.78 is 55.4. The second-order valence-electron chi connectivity index (χ2n) is 14.9. The largest absolute Gasteiger partial charge is 0.496 e. The van der Waals surface area contributed by atoms with Gasteiger partial charge < -0.3 is 29.0 Å². The summed E-state index contributed by atoms with van der Waals surface area (Å²) in [6.07, 6.45) is 10.2. The fraction of sp³-hybridized carbons (Fsp3) is 0.435. The molecule has 0 amide bonds. The number of fused-ring (bicyclic) bond motifs is 3. The predicted molar refractivity (Wildman–Crippen MR) is 228 cm³/mol. The quantitative estimate of drug-likeness (QED) is 0.0748. The molecule has 1 N–H and O–H groups in total. The topological polar surface area (TPSA) is 95.6 Å². The summed E-state index contributed by atoms with van der Waals surface area (Å²) in [7, 11) is 1.52. The van der Waals surface area contributed by atoms with Crippen LogP contribution in [0.2, 0.25) is 0 Å². The van der Waals surface area contributed by atoms with Crippen LogP contribution < -0.4 is 14.8 Å². The molecule has 318 valence electrons. The van der Waals surface area contributed by atoms with Gasteiger partial charge in [-0.15, -0.1) is 0 Å². The fourth-order valence-electron chi connectivity index (χ4n) is 7.14. The molecule has 3 heterocycles. The number of anilines is 1. The number of carbonyl (C=O) groups excluding carboxylic acids is 2. The van der Waals surface area contributed by atoms with Gasteiger partial charge >= 0.3 is 18.6 Å². The van der Waals surface area contributed by atoms with Crippen LogP contribution in [-0.4, -0.2) is 68.9 Å². The highest BCUT2D eigenvalue weighted by atomic mass is 35.5. The van der Waals surface area contributed by atoms with Gasteiger partial charge in [0.1, 0.15) is 18.0 Å². The van der Waals surface area contributed by atoms with E-state index < -0.39 is 30.7 Å². The Balaban J connectivity index is 1.42. The minimum atomic E-state index is -3.07. The number of hydrogen-bond donors (Lipinski definition) is 1. The molecule has 13 heteroatoms. The van der Waals surface area contributed by atoms with Gasteiger partial charge in [0.2, 0.25) is 0 Å². The zero-order valence-corrected chi connectivity index (χ0v) is 35.6. The van der Waals surface area contributed by atoms with Gasteiger partial charge in [0.25, 0.3) is 0 Å². The van der Waals surface area contributed by atoms with Gasteiger partial charge in [-0.05, 0) is 131 Å². The number of benzene rings is 2.